The molecule has 0 amide bonds. The molecule has 3 aliphatic rings. The quantitative estimate of drug-likeness (QED) is 0.170. The number of rotatable bonds is 1. The van der Waals surface area contributed by atoms with E-state index >= 15 is 0 Å². The summed E-state index contributed by atoms with van der Waals surface area (Å²) in [6.45, 7) is 39.2. The van der Waals surface area contributed by atoms with Crippen molar-refractivity contribution in [3.8, 4) is 0 Å². The smallest absolute Gasteiger partial charge is 0.431 e. The zero-order chi connectivity index (χ0) is 28.5. The summed E-state index contributed by atoms with van der Waals surface area (Å²) in [6.07, 6.45) is 2.15. The Morgan fingerprint density at radius 2 is 0.886 bits per heavy atom. The van der Waals surface area contributed by atoms with Crippen LogP contribution >= 0.6 is 22.6 Å². The molecule has 35 heavy (non-hydrogen) atoms. The van der Waals surface area contributed by atoms with Gasteiger partial charge in [0.15, 0.2) is 0 Å². The molecule has 0 atom stereocenters. The molecule has 0 unspecified atom stereocenters. The van der Waals surface area contributed by atoms with E-state index in [1.807, 2.05) is 13.8 Å². The lowest BCUT2D eigenvalue weighted by atomic mass is 9.33. The fraction of sp³-hybridized carbons (Fsp3) is 1.00. The third-order valence-corrected chi connectivity index (χ3v) is 8.29. The van der Waals surface area contributed by atoms with Gasteiger partial charge in [-0.2, -0.15) is 0 Å². The molecule has 4 nitrogen and oxygen atoms in total. The van der Waals surface area contributed by atoms with Gasteiger partial charge >= 0.3 is 13.8 Å². The predicted octanol–water partition coefficient (Wildman–Crippen LogP) is 8.67. The Bertz CT molecular complexity index is 582. The lowest BCUT2D eigenvalue weighted by Gasteiger charge is -2.34. The molecule has 3 saturated heterocycles. The maximum Gasteiger partial charge on any atom is 0.446 e. The molecule has 206 valence electrons. The molecule has 0 aromatic carbocycles. The first-order valence-corrected chi connectivity index (χ1v) is 14.7. The van der Waals surface area contributed by atoms with Crippen molar-refractivity contribution in [1.29, 1.82) is 0 Å². The van der Waals surface area contributed by atoms with Gasteiger partial charge in [0.2, 0.25) is 0 Å². The summed E-state index contributed by atoms with van der Waals surface area (Å²) in [5, 5.41) is 0. The summed E-state index contributed by atoms with van der Waals surface area (Å²) in [7, 11) is -0.254. The number of alkyl halides is 1. The van der Waals surface area contributed by atoms with Gasteiger partial charge in [0, 0.05) is 9.02 Å². The fourth-order valence-corrected chi connectivity index (χ4v) is 4.19. The third kappa shape index (κ3) is 9.78. The number of hydrogen-bond donors (Lipinski definition) is 0. The van der Waals surface area contributed by atoms with Crippen molar-refractivity contribution in [3.05, 3.63) is 0 Å². The molecule has 0 N–H and O–H groups in total. The average Bonchev–Trinajstić information content (AvgIpc) is 3.02. The average molecular weight is 606 g/mol. The summed E-state index contributed by atoms with van der Waals surface area (Å²) >= 11 is 2.38. The molecule has 8 heteroatoms. The van der Waals surface area contributed by atoms with Crippen molar-refractivity contribution in [3.63, 3.8) is 0 Å². The van der Waals surface area contributed by atoms with Crippen molar-refractivity contribution in [1.82, 2.24) is 0 Å². The molecule has 3 rings (SSSR count). The Balaban J connectivity index is 0.000000572. The predicted molar refractivity (Wildman–Crippen MR) is 166 cm³/mol. The summed E-state index contributed by atoms with van der Waals surface area (Å²) in [5.74, 6) is 0. The van der Waals surface area contributed by atoms with E-state index in [2.05, 4.69) is 133 Å². The van der Waals surface area contributed by atoms with Crippen LogP contribution in [0.2, 0.25) is 19.5 Å². The van der Waals surface area contributed by atoms with Crippen LogP contribution in [0.4, 0.5) is 0 Å². The minimum atomic E-state index is -0.280. The lowest BCUT2D eigenvalue weighted by Crippen LogP contribution is -2.41. The van der Waals surface area contributed by atoms with Gasteiger partial charge in [-0.05, 0) is 78.9 Å². The molecule has 0 radical (unpaired) electrons. The van der Waals surface area contributed by atoms with Crippen LogP contribution in [0.1, 0.15) is 118 Å². The van der Waals surface area contributed by atoms with Crippen LogP contribution in [-0.4, -0.2) is 46.6 Å². The standard InChI is InChI=1S/C13H26B2O3.C8H17BO.C4H9I.C2H6/c1-10(2)9-14(16-11(10,3)4)15-17-12(5,6)13(7,8)18-15;1-7(2)6-9(5)10-8(7,3)4;1-4(2,3)5;1-2/h9H2,1-8H3;6H2,1-5H3;1-3H3;1-2H3. The van der Waals surface area contributed by atoms with Gasteiger partial charge in [-0.3, -0.25) is 0 Å². The number of halogens is 1. The summed E-state index contributed by atoms with van der Waals surface area (Å²) in [6, 6.07) is 0. The van der Waals surface area contributed by atoms with E-state index in [1.165, 1.54) is 6.32 Å². The van der Waals surface area contributed by atoms with Crippen LogP contribution in [-0.2, 0) is 18.6 Å². The highest BCUT2D eigenvalue weighted by Gasteiger charge is 2.61. The Hall–Kier alpha value is 0.765. The highest BCUT2D eigenvalue weighted by Crippen LogP contribution is 2.48. The molecule has 0 saturated carbocycles. The van der Waals surface area contributed by atoms with Crippen LogP contribution in [0, 0.1) is 10.8 Å². The van der Waals surface area contributed by atoms with Crippen LogP contribution < -0.4 is 0 Å². The molecule has 3 heterocycles. The Labute approximate surface area is 235 Å². The molecule has 3 fully saturated rings. The monoisotopic (exact) mass is 606 g/mol. The Morgan fingerprint density at radius 3 is 1.09 bits per heavy atom. The summed E-state index contributed by atoms with van der Waals surface area (Å²) in [5.41, 5.74) is -0.156. The molecular weight excluding hydrogens is 548 g/mol. The van der Waals surface area contributed by atoms with Crippen LogP contribution in [0.25, 0.3) is 0 Å². The van der Waals surface area contributed by atoms with Gasteiger partial charge in [0.05, 0.1) is 16.8 Å². The second kappa shape index (κ2) is 11.9. The van der Waals surface area contributed by atoms with Crippen molar-refractivity contribution >= 4 is 43.3 Å². The molecule has 0 spiro atoms. The molecule has 0 aromatic heterocycles. The van der Waals surface area contributed by atoms with Gasteiger partial charge < -0.3 is 18.6 Å². The van der Waals surface area contributed by atoms with E-state index in [1.54, 1.807) is 0 Å². The van der Waals surface area contributed by atoms with Crippen LogP contribution in [0.5, 0.6) is 0 Å². The SMILES string of the molecule is CB1CC(C)(C)C(C)(C)O1.CC.CC(C)(C)I.CC1(C)CB(B2OC(C)(C)C(C)(C)O2)OC1(C)C. The van der Waals surface area contributed by atoms with Crippen molar-refractivity contribution in [2.45, 2.75) is 163 Å². The second-order valence-electron chi connectivity index (χ2n) is 14.5. The van der Waals surface area contributed by atoms with Crippen LogP contribution in [0.3, 0.4) is 0 Å². The zero-order valence-electron chi connectivity index (χ0n) is 26.7. The molecule has 0 aromatic rings. The Morgan fingerprint density at radius 1 is 0.571 bits per heavy atom. The number of hydrogen-bond acceptors (Lipinski definition) is 4. The van der Waals surface area contributed by atoms with Gasteiger partial charge in [-0.15, -0.1) is 0 Å². The second-order valence-corrected chi connectivity index (χ2v) is 17.7. The van der Waals surface area contributed by atoms with Crippen molar-refractivity contribution in [2.75, 3.05) is 0 Å². The molecule has 3 aliphatic heterocycles. The normalized spacial score (nSPS) is 26.7. The van der Waals surface area contributed by atoms with Gasteiger partial charge in [-0.1, -0.05) is 91.7 Å². The highest BCUT2D eigenvalue weighted by molar-refractivity contribution is 14.1. The first-order valence-electron chi connectivity index (χ1n) is 13.6. The fourth-order valence-electron chi connectivity index (χ4n) is 4.19. The van der Waals surface area contributed by atoms with Crippen molar-refractivity contribution < 1.29 is 18.6 Å². The maximum absolute atomic E-state index is 6.18. The lowest BCUT2D eigenvalue weighted by molar-refractivity contribution is 0.00578. The maximum atomic E-state index is 6.18. The van der Waals surface area contributed by atoms with Crippen molar-refractivity contribution in [2.24, 2.45) is 10.8 Å². The summed E-state index contributed by atoms with van der Waals surface area (Å²) < 4.78 is 24.6. The first kappa shape index (κ1) is 35.8. The molecular formula is C27H58B3IO4. The van der Waals surface area contributed by atoms with Gasteiger partial charge in [0.1, 0.15) is 0 Å². The van der Waals surface area contributed by atoms with E-state index in [0.29, 0.717) is 15.8 Å². The van der Waals surface area contributed by atoms with E-state index in [-0.39, 0.29) is 41.6 Å². The van der Waals surface area contributed by atoms with Gasteiger partial charge in [0.25, 0.3) is 6.92 Å². The molecule has 0 bridgehead atoms. The third-order valence-electron chi connectivity index (χ3n) is 8.29. The topological polar surface area (TPSA) is 36.9 Å². The first-order chi connectivity index (χ1) is 15.2. The largest absolute Gasteiger partial charge is 0.446 e. The minimum Gasteiger partial charge on any atom is -0.431 e. The summed E-state index contributed by atoms with van der Waals surface area (Å²) in [4.78, 5) is 0. The minimum absolute atomic E-state index is 0.0241. The van der Waals surface area contributed by atoms with Crippen LogP contribution in [0.15, 0.2) is 0 Å². The zero-order valence-corrected chi connectivity index (χ0v) is 28.8. The van der Waals surface area contributed by atoms with E-state index < -0.39 is 0 Å². The van der Waals surface area contributed by atoms with E-state index in [9.17, 15) is 0 Å². The van der Waals surface area contributed by atoms with E-state index in [4.69, 9.17) is 18.6 Å². The van der Waals surface area contributed by atoms with E-state index in [0.717, 1.165) is 6.32 Å². The molecule has 0 aliphatic carbocycles. The van der Waals surface area contributed by atoms with Gasteiger partial charge in [-0.25, -0.2) is 0 Å². The Kier molecular flexibility index (Phi) is 12.1. The highest BCUT2D eigenvalue weighted by atomic mass is 127.